The normalized spacial score (nSPS) is 12.1. The second-order valence-corrected chi connectivity index (χ2v) is 4.87. The van der Waals surface area contributed by atoms with E-state index in [0.29, 0.717) is 16.4 Å². The van der Waals surface area contributed by atoms with Gasteiger partial charge in [0.25, 0.3) is 11.8 Å². The molecule has 0 fully saturated rings. The number of hydrogen-bond donors (Lipinski definition) is 4. The molecular formula is C11H13N5O2S. The highest BCUT2D eigenvalue weighted by molar-refractivity contribution is 7.09. The molecule has 0 aliphatic rings. The molecule has 2 aromatic rings. The third-order valence-corrected chi connectivity index (χ3v) is 3.40. The maximum absolute atomic E-state index is 11.9. The van der Waals surface area contributed by atoms with Crippen LogP contribution in [0.5, 0.6) is 0 Å². The molecule has 2 amide bonds. The van der Waals surface area contributed by atoms with Crippen LogP contribution in [-0.4, -0.2) is 21.8 Å². The first-order valence-electron chi connectivity index (χ1n) is 5.48. The minimum absolute atomic E-state index is 0.208. The van der Waals surface area contributed by atoms with Gasteiger partial charge >= 0.3 is 0 Å². The van der Waals surface area contributed by atoms with Crippen LogP contribution >= 0.6 is 11.3 Å². The van der Waals surface area contributed by atoms with Crippen molar-refractivity contribution in [1.82, 2.24) is 9.97 Å². The standard InChI is InChI=1S/C11H13N5O2S/c1-5(12)11-16-8(4-19-11)10(18)15-6-2-7(9(13)17)14-3-6/h2-5,14H,12H2,1H3,(H2,13,17)(H,15,18). The third-order valence-electron chi connectivity index (χ3n) is 2.35. The van der Waals surface area contributed by atoms with Gasteiger partial charge in [-0.1, -0.05) is 0 Å². The Balaban J connectivity index is 2.09. The summed E-state index contributed by atoms with van der Waals surface area (Å²) in [4.78, 5) is 29.6. The predicted octanol–water partition coefficient (Wildman–Crippen LogP) is 0.842. The minimum Gasteiger partial charge on any atom is -0.364 e. The zero-order valence-electron chi connectivity index (χ0n) is 10.1. The highest BCUT2D eigenvalue weighted by Gasteiger charge is 2.14. The summed E-state index contributed by atoms with van der Waals surface area (Å²) in [5, 5.41) is 4.94. The average Bonchev–Trinajstić information content (AvgIpc) is 2.96. The Morgan fingerprint density at radius 1 is 1.53 bits per heavy atom. The van der Waals surface area contributed by atoms with Gasteiger partial charge in [-0.15, -0.1) is 11.3 Å². The summed E-state index contributed by atoms with van der Waals surface area (Å²) in [6.07, 6.45) is 1.48. The Morgan fingerprint density at radius 2 is 2.26 bits per heavy atom. The molecule has 0 radical (unpaired) electrons. The molecule has 1 unspecified atom stereocenters. The van der Waals surface area contributed by atoms with Crippen LogP contribution in [0.15, 0.2) is 17.6 Å². The number of amides is 2. The number of rotatable bonds is 4. The SMILES string of the molecule is CC(N)c1nc(C(=O)Nc2c[nH]c(C(N)=O)c2)cs1. The van der Waals surface area contributed by atoms with Gasteiger partial charge in [0, 0.05) is 11.6 Å². The van der Waals surface area contributed by atoms with Crippen molar-refractivity contribution in [1.29, 1.82) is 0 Å². The van der Waals surface area contributed by atoms with E-state index >= 15 is 0 Å². The van der Waals surface area contributed by atoms with Crippen molar-refractivity contribution in [2.24, 2.45) is 11.5 Å². The Labute approximate surface area is 113 Å². The minimum atomic E-state index is -0.589. The van der Waals surface area contributed by atoms with Crippen LogP contribution in [0.1, 0.15) is 39.0 Å². The Kier molecular flexibility index (Phi) is 3.63. The lowest BCUT2D eigenvalue weighted by Gasteiger charge is -1.99. The van der Waals surface area contributed by atoms with Crippen molar-refractivity contribution in [2.45, 2.75) is 13.0 Å². The number of nitrogens with zero attached hydrogens (tertiary/aromatic N) is 1. The van der Waals surface area contributed by atoms with Crippen LogP contribution in [0, 0.1) is 0 Å². The van der Waals surface area contributed by atoms with Crippen LogP contribution in [0.4, 0.5) is 5.69 Å². The quantitative estimate of drug-likeness (QED) is 0.661. The van der Waals surface area contributed by atoms with Gasteiger partial charge in [0.1, 0.15) is 16.4 Å². The number of nitrogens with one attached hydrogen (secondary N) is 2. The highest BCUT2D eigenvalue weighted by atomic mass is 32.1. The number of carbonyl (C=O) groups is 2. The van der Waals surface area contributed by atoms with Crippen LogP contribution in [0.3, 0.4) is 0 Å². The molecule has 6 N–H and O–H groups in total. The number of H-pyrrole nitrogens is 1. The van der Waals surface area contributed by atoms with E-state index in [1.165, 1.54) is 23.6 Å². The number of anilines is 1. The van der Waals surface area contributed by atoms with E-state index in [4.69, 9.17) is 11.5 Å². The zero-order chi connectivity index (χ0) is 14.0. The van der Waals surface area contributed by atoms with Gasteiger partial charge in [0.2, 0.25) is 0 Å². The van der Waals surface area contributed by atoms with Crippen molar-refractivity contribution in [3.05, 3.63) is 34.0 Å². The molecule has 8 heteroatoms. The Hall–Kier alpha value is -2.19. The Bertz CT molecular complexity index is 616. The summed E-state index contributed by atoms with van der Waals surface area (Å²) < 4.78 is 0. The molecule has 100 valence electrons. The van der Waals surface area contributed by atoms with Gasteiger partial charge in [0.15, 0.2) is 0 Å². The first-order valence-corrected chi connectivity index (χ1v) is 6.36. The molecule has 0 bridgehead atoms. The number of aromatic amines is 1. The average molecular weight is 279 g/mol. The fourth-order valence-electron chi connectivity index (χ4n) is 1.40. The third kappa shape index (κ3) is 2.98. The van der Waals surface area contributed by atoms with E-state index in [1.807, 2.05) is 0 Å². The summed E-state index contributed by atoms with van der Waals surface area (Å²) >= 11 is 1.33. The van der Waals surface area contributed by atoms with E-state index < -0.39 is 5.91 Å². The zero-order valence-corrected chi connectivity index (χ0v) is 11.0. The van der Waals surface area contributed by atoms with Gasteiger partial charge in [-0.2, -0.15) is 0 Å². The summed E-state index contributed by atoms with van der Waals surface area (Å²) in [7, 11) is 0. The second-order valence-electron chi connectivity index (χ2n) is 3.98. The first-order chi connectivity index (χ1) is 8.97. The lowest BCUT2D eigenvalue weighted by atomic mass is 10.3. The fraction of sp³-hybridized carbons (Fsp3) is 0.182. The van der Waals surface area contributed by atoms with Crippen molar-refractivity contribution in [3.63, 3.8) is 0 Å². The van der Waals surface area contributed by atoms with Crippen molar-refractivity contribution in [3.8, 4) is 0 Å². The van der Waals surface area contributed by atoms with E-state index in [1.54, 1.807) is 12.3 Å². The van der Waals surface area contributed by atoms with Crippen molar-refractivity contribution >= 4 is 28.8 Å². The summed E-state index contributed by atoms with van der Waals surface area (Å²) in [6.45, 7) is 1.80. The number of thiazole rings is 1. The predicted molar refractivity (Wildman–Crippen MR) is 72.0 cm³/mol. The molecule has 0 spiro atoms. The number of carbonyl (C=O) groups excluding carboxylic acids is 2. The molecule has 1 atom stereocenters. The van der Waals surface area contributed by atoms with E-state index in [0.717, 1.165) is 0 Å². The molecule has 0 aliphatic heterocycles. The van der Waals surface area contributed by atoms with Gasteiger partial charge in [-0.3, -0.25) is 9.59 Å². The smallest absolute Gasteiger partial charge is 0.275 e. The summed E-state index contributed by atoms with van der Waals surface area (Å²) in [5.74, 6) is -0.952. The van der Waals surface area contributed by atoms with Gasteiger partial charge in [-0.05, 0) is 13.0 Å². The molecule has 0 saturated carbocycles. The van der Waals surface area contributed by atoms with Crippen molar-refractivity contribution < 1.29 is 9.59 Å². The number of hydrogen-bond acceptors (Lipinski definition) is 5. The number of nitrogens with two attached hydrogens (primary N) is 2. The lowest BCUT2D eigenvalue weighted by Crippen LogP contribution is -2.13. The second kappa shape index (κ2) is 5.21. The Morgan fingerprint density at radius 3 is 2.79 bits per heavy atom. The van der Waals surface area contributed by atoms with Gasteiger partial charge in [0.05, 0.1) is 11.7 Å². The molecule has 2 aromatic heterocycles. The molecule has 0 saturated heterocycles. The van der Waals surface area contributed by atoms with E-state index in [2.05, 4.69) is 15.3 Å². The molecular weight excluding hydrogens is 266 g/mol. The molecule has 19 heavy (non-hydrogen) atoms. The largest absolute Gasteiger partial charge is 0.364 e. The topological polar surface area (TPSA) is 127 Å². The van der Waals surface area contributed by atoms with Gasteiger partial charge in [-0.25, -0.2) is 4.98 Å². The molecule has 0 aliphatic carbocycles. The molecule has 7 nitrogen and oxygen atoms in total. The van der Waals surface area contributed by atoms with Crippen LogP contribution in [-0.2, 0) is 0 Å². The molecule has 2 rings (SSSR count). The first kappa shape index (κ1) is 13.2. The molecule has 2 heterocycles. The fourth-order valence-corrected chi connectivity index (χ4v) is 2.16. The van der Waals surface area contributed by atoms with Crippen LogP contribution in [0.2, 0.25) is 0 Å². The monoisotopic (exact) mass is 279 g/mol. The van der Waals surface area contributed by atoms with Crippen LogP contribution < -0.4 is 16.8 Å². The van der Waals surface area contributed by atoms with E-state index in [9.17, 15) is 9.59 Å². The highest BCUT2D eigenvalue weighted by Crippen LogP contribution is 2.17. The maximum atomic E-state index is 11.9. The number of aromatic nitrogens is 2. The number of primary amides is 1. The maximum Gasteiger partial charge on any atom is 0.275 e. The molecule has 0 aromatic carbocycles. The lowest BCUT2D eigenvalue weighted by molar-refractivity contribution is 0.0992. The van der Waals surface area contributed by atoms with Gasteiger partial charge < -0.3 is 21.8 Å². The van der Waals surface area contributed by atoms with Crippen LogP contribution in [0.25, 0.3) is 0 Å². The van der Waals surface area contributed by atoms with Crippen molar-refractivity contribution in [2.75, 3.05) is 5.32 Å². The summed E-state index contributed by atoms with van der Waals surface area (Å²) in [6, 6.07) is 1.25. The summed E-state index contributed by atoms with van der Waals surface area (Å²) in [5.41, 5.74) is 11.7. The van der Waals surface area contributed by atoms with E-state index in [-0.39, 0.29) is 17.6 Å².